The molecule has 1 aromatic carbocycles. The van der Waals surface area contributed by atoms with Gasteiger partial charge in [-0.05, 0) is 38.5 Å². The van der Waals surface area contributed by atoms with Gasteiger partial charge >= 0.3 is 6.09 Å². The van der Waals surface area contributed by atoms with Gasteiger partial charge in [0.2, 0.25) is 5.91 Å². The van der Waals surface area contributed by atoms with Gasteiger partial charge in [0.15, 0.2) is 0 Å². The first-order valence-electron chi connectivity index (χ1n) is 8.68. The minimum atomic E-state index is -0.471. The molecule has 6 heteroatoms. The normalized spacial score (nSPS) is 15.1. The molecule has 6 nitrogen and oxygen atoms in total. The Morgan fingerprint density at radius 1 is 1.12 bits per heavy atom. The van der Waals surface area contributed by atoms with Crippen molar-refractivity contribution in [3.8, 4) is 0 Å². The van der Waals surface area contributed by atoms with Gasteiger partial charge in [-0.1, -0.05) is 12.1 Å². The number of amides is 2. The van der Waals surface area contributed by atoms with Crippen LogP contribution in [-0.2, 0) is 16.0 Å². The first kappa shape index (κ1) is 19.1. The Kier molecular flexibility index (Phi) is 5.93. The van der Waals surface area contributed by atoms with Crippen LogP contribution in [0.3, 0.4) is 0 Å². The van der Waals surface area contributed by atoms with E-state index in [1.54, 1.807) is 23.9 Å². The Bertz CT molecular complexity index is 615. The number of nitrogens with zero attached hydrogens (tertiary/aromatic N) is 3. The summed E-state index contributed by atoms with van der Waals surface area (Å²) < 4.78 is 5.43. The highest BCUT2D eigenvalue weighted by Gasteiger charge is 2.26. The molecule has 0 N–H and O–H groups in total. The number of ether oxygens (including phenoxy) is 1. The Morgan fingerprint density at radius 2 is 1.76 bits per heavy atom. The van der Waals surface area contributed by atoms with Crippen molar-refractivity contribution in [2.24, 2.45) is 0 Å². The predicted molar refractivity (Wildman–Crippen MR) is 98.9 cm³/mol. The number of carbonyl (C=O) groups excluding carboxylic acids is 2. The number of anilines is 1. The minimum Gasteiger partial charge on any atom is -0.444 e. The van der Waals surface area contributed by atoms with E-state index in [0.717, 1.165) is 24.3 Å². The molecule has 0 aromatic heterocycles. The number of piperazine rings is 1. The van der Waals surface area contributed by atoms with Crippen molar-refractivity contribution in [3.05, 3.63) is 29.8 Å². The lowest BCUT2D eigenvalue weighted by Crippen LogP contribution is -2.50. The largest absolute Gasteiger partial charge is 0.444 e. The highest BCUT2D eigenvalue weighted by atomic mass is 16.6. The van der Waals surface area contributed by atoms with Crippen LogP contribution in [0.15, 0.2) is 24.3 Å². The Morgan fingerprint density at radius 3 is 2.32 bits per heavy atom. The van der Waals surface area contributed by atoms with Crippen molar-refractivity contribution in [2.75, 3.05) is 45.2 Å². The number of hydrogen-bond acceptors (Lipinski definition) is 4. The summed E-state index contributed by atoms with van der Waals surface area (Å²) in [5.74, 6) is 0.0897. The Labute approximate surface area is 150 Å². The molecule has 0 radical (unpaired) electrons. The van der Waals surface area contributed by atoms with E-state index in [9.17, 15) is 9.59 Å². The monoisotopic (exact) mass is 347 g/mol. The van der Waals surface area contributed by atoms with Gasteiger partial charge < -0.3 is 19.4 Å². The molecule has 138 valence electrons. The Balaban J connectivity index is 1.94. The maximum absolute atomic E-state index is 12.1. The van der Waals surface area contributed by atoms with E-state index < -0.39 is 5.60 Å². The predicted octanol–water partition coefficient (Wildman–Crippen LogP) is 2.37. The second kappa shape index (κ2) is 7.76. The molecule has 2 rings (SSSR count). The van der Waals surface area contributed by atoms with Crippen LogP contribution in [0.4, 0.5) is 10.5 Å². The van der Waals surface area contributed by atoms with E-state index in [1.165, 1.54) is 0 Å². The highest BCUT2D eigenvalue weighted by molar-refractivity contribution is 5.78. The van der Waals surface area contributed by atoms with E-state index in [1.807, 2.05) is 39.0 Å². The summed E-state index contributed by atoms with van der Waals surface area (Å²) in [6.07, 6.45) is 0.149. The van der Waals surface area contributed by atoms with Crippen LogP contribution in [0, 0.1) is 0 Å². The number of rotatable bonds is 3. The molecule has 0 unspecified atom stereocenters. The maximum atomic E-state index is 12.1. The third-order valence-electron chi connectivity index (χ3n) is 4.06. The lowest BCUT2D eigenvalue weighted by Gasteiger charge is -2.36. The molecule has 0 bridgehead atoms. The average Bonchev–Trinajstić information content (AvgIpc) is 2.53. The zero-order valence-electron chi connectivity index (χ0n) is 15.9. The maximum Gasteiger partial charge on any atom is 0.410 e. The van der Waals surface area contributed by atoms with Crippen LogP contribution in [-0.4, -0.2) is 67.7 Å². The molecule has 0 aliphatic carbocycles. The summed E-state index contributed by atoms with van der Waals surface area (Å²) in [5.41, 5.74) is 1.63. The lowest BCUT2D eigenvalue weighted by atomic mass is 10.1. The van der Waals surface area contributed by atoms with Crippen LogP contribution < -0.4 is 4.90 Å². The first-order valence-corrected chi connectivity index (χ1v) is 8.68. The second-order valence-corrected chi connectivity index (χ2v) is 7.59. The zero-order chi connectivity index (χ0) is 18.6. The summed E-state index contributed by atoms with van der Waals surface area (Å²) in [7, 11) is 3.53. The molecule has 0 spiro atoms. The van der Waals surface area contributed by atoms with Gasteiger partial charge in [-0.2, -0.15) is 0 Å². The summed E-state index contributed by atoms with van der Waals surface area (Å²) in [6.45, 7) is 8.41. The van der Waals surface area contributed by atoms with Crippen LogP contribution in [0.5, 0.6) is 0 Å². The Hall–Kier alpha value is -2.24. The van der Waals surface area contributed by atoms with Gasteiger partial charge in [-0.3, -0.25) is 4.79 Å². The quantitative estimate of drug-likeness (QED) is 0.842. The van der Waals surface area contributed by atoms with E-state index in [0.29, 0.717) is 19.5 Å². The van der Waals surface area contributed by atoms with E-state index in [4.69, 9.17) is 4.74 Å². The van der Waals surface area contributed by atoms with Gasteiger partial charge in [0.25, 0.3) is 0 Å². The molecule has 1 saturated heterocycles. The van der Waals surface area contributed by atoms with Gasteiger partial charge in [-0.25, -0.2) is 4.79 Å². The van der Waals surface area contributed by atoms with Crippen molar-refractivity contribution >= 4 is 17.7 Å². The molecule has 1 aliphatic rings. The van der Waals surface area contributed by atoms with Crippen molar-refractivity contribution in [1.29, 1.82) is 0 Å². The lowest BCUT2D eigenvalue weighted by molar-refractivity contribution is -0.127. The second-order valence-electron chi connectivity index (χ2n) is 7.59. The van der Waals surface area contributed by atoms with Crippen LogP contribution in [0.2, 0.25) is 0 Å². The summed E-state index contributed by atoms with van der Waals surface area (Å²) in [4.78, 5) is 29.6. The molecule has 0 saturated carbocycles. The average molecular weight is 347 g/mol. The fourth-order valence-corrected chi connectivity index (χ4v) is 2.67. The molecular formula is C19H29N3O3. The standard InChI is InChI=1S/C19H29N3O3/c1-19(2,3)25-18(24)22-11-9-21(10-12-22)16-8-6-7-15(13-16)14-17(23)20(4)5/h6-8,13H,9-12,14H2,1-5H3. The molecule has 1 aromatic rings. The topological polar surface area (TPSA) is 53.1 Å². The molecule has 1 heterocycles. The van der Waals surface area contributed by atoms with E-state index >= 15 is 0 Å². The summed E-state index contributed by atoms with van der Waals surface area (Å²) >= 11 is 0. The zero-order valence-corrected chi connectivity index (χ0v) is 15.9. The van der Waals surface area contributed by atoms with Gasteiger partial charge in [-0.15, -0.1) is 0 Å². The number of carbonyl (C=O) groups is 2. The van der Waals surface area contributed by atoms with Crippen molar-refractivity contribution in [3.63, 3.8) is 0 Å². The molecule has 2 amide bonds. The fourth-order valence-electron chi connectivity index (χ4n) is 2.67. The molecule has 0 atom stereocenters. The summed E-state index contributed by atoms with van der Waals surface area (Å²) in [5, 5.41) is 0. The van der Waals surface area contributed by atoms with Crippen LogP contribution in [0.25, 0.3) is 0 Å². The van der Waals surface area contributed by atoms with Gasteiger partial charge in [0.05, 0.1) is 6.42 Å². The van der Waals surface area contributed by atoms with Crippen molar-refractivity contribution in [2.45, 2.75) is 32.8 Å². The first-order chi connectivity index (χ1) is 11.7. The third-order valence-corrected chi connectivity index (χ3v) is 4.06. The summed E-state index contributed by atoms with van der Waals surface area (Å²) in [6, 6.07) is 8.06. The van der Waals surface area contributed by atoms with Crippen molar-refractivity contribution in [1.82, 2.24) is 9.80 Å². The van der Waals surface area contributed by atoms with Gasteiger partial charge in [0.1, 0.15) is 5.60 Å². The van der Waals surface area contributed by atoms with Crippen LogP contribution in [0.1, 0.15) is 26.3 Å². The third kappa shape index (κ3) is 5.66. The SMILES string of the molecule is CN(C)C(=O)Cc1cccc(N2CCN(C(=O)OC(C)(C)C)CC2)c1. The van der Waals surface area contributed by atoms with E-state index in [-0.39, 0.29) is 12.0 Å². The molecule has 25 heavy (non-hydrogen) atoms. The smallest absolute Gasteiger partial charge is 0.410 e. The number of hydrogen-bond donors (Lipinski definition) is 0. The molecule has 1 fully saturated rings. The van der Waals surface area contributed by atoms with Gasteiger partial charge in [0, 0.05) is 46.0 Å². The van der Waals surface area contributed by atoms with E-state index in [2.05, 4.69) is 11.0 Å². The number of benzene rings is 1. The minimum absolute atomic E-state index is 0.0897. The van der Waals surface area contributed by atoms with Crippen molar-refractivity contribution < 1.29 is 14.3 Å². The number of likely N-dealkylation sites (N-methyl/N-ethyl adjacent to an activating group) is 1. The van der Waals surface area contributed by atoms with Crippen LogP contribution >= 0.6 is 0 Å². The molecule has 1 aliphatic heterocycles. The fraction of sp³-hybridized carbons (Fsp3) is 0.579. The molecular weight excluding hydrogens is 318 g/mol. The highest BCUT2D eigenvalue weighted by Crippen LogP contribution is 2.20.